The second kappa shape index (κ2) is 10.3. The summed E-state index contributed by atoms with van der Waals surface area (Å²) in [6.45, 7) is 9.16. The topological polar surface area (TPSA) is 37.3 Å². The summed E-state index contributed by atoms with van der Waals surface area (Å²) >= 11 is 0. The number of carboxylic acid groups (broad SMARTS) is 1. The number of carbonyl (C=O) groups is 1. The van der Waals surface area contributed by atoms with Gasteiger partial charge in [0.15, 0.2) is 5.54 Å². The number of likely N-dealkylation sites (N-methyl/N-ethyl adjacent to an activating group) is 1. The van der Waals surface area contributed by atoms with Crippen LogP contribution in [0.2, 0.25) is 0 Å². The third-order valence-electron chi connectivity index (χ3n) is 5.43. The van der Waals surface area contributed by atoms with Gasteiger partial charge in [-0.2, -0.15) is 0 Å². The predicted molar refractivity (Wildman–Crippen MR) is 95.1 cm³/mol. The third-order valence-corrected chi connectivity index (χ3v) is 5.43. The molecule has 0 spiro atoms. The molecule has 0 aromatic rings. The fourth-order valence-electron chi connectivity index (χ4n) is 2.99. The SMILES string of the molecule is CCCCCCCC(CCCC)C[N+](C)(C)C(C)(C)C(=O)O. The van der Waals surface area contributed by atoms with Gasteiger partial charge in [-0.3, -0.25) is 0 Å². The van der Waals surface area contributed by atoms with E-state index in [0.29, 0.717) is 10.4 Å². The van der Waals surface area contributed by atoms with Gasteiger partial charge < -0.3 is 9.59 Å². The zero-order valence-corrected chi connectivity index (χ0v) is 16.0. The molecule has 1 atom stereocenters. The molecule has 1 N–H and O–H groups in total. The van der Waals surface area contributed by atoms with Gasteiger partial charge in [0, 0.05) is 19.8 Å². The Morgan fingerprint density at radius 2 is 1.45 bits per heavy atom. The molecule has 0 aliphatic heterocycles. The highest BCUT2D eigenvalue weighted by atomic mass is 16.4. The van der Waals surface area contributed by atoms with E-state index < -0.39 is 11.5 Å². The first kappa shape index (κ1) is 21.4. The molecule has 3 heteroatoms. The fourth-order valence-corrected chi connectivity index (χ4v) is 2.99. The maximum absolute atomic E-state index is 11.6. The van der Waals surface area contributed by atoms with Crippen LogP contribution < -0.4 is 0 Å². The number of carboxylic acids is 1. The van der Waals surface area contributed by atoms with Gasteiger partial charge in [0.05, 0.1) is 20.6 Å². The van der Waals surface area contributed by atoms with Gasteiger partial charge in [0.1, 0.15) is 0 Å². The van der Waals surface area contributed by atoms with Crippen molar-refractivity contribution in [1.82, 2.24) is 0 Å². The smallest absolute Gasteiger partial charge is 0.365 e. The van der Waals surface area contributed by atoms with E-state index in [2.05, 4.69) is 27.9 Å². The molecular weight excluding hydrogens is 274 g/mol. The van der Waals surface area contributed by atoms with Crippen molar-refractivity contribution in [2.45, 2.75) is 91.0 Å². The summed E-state index contributed by atoms with van der Waals surface area (Å²) in [6.07, 6.45) is 11.6. The van der Waals surface area contributed by atoms with E-state index in [-0.39, 0.29) is 0 Å². The summed E-state index contributed by atoms with van der Waals surface area (Å²) in [5.74, 6) is -0.0510. The molecular formula is C19H40NO2+. The zero-order valence-electron chi connectivity index (χ0n) is 16.0. The van der Waals surface area contributed by atoms with Crippen LogP contribution in [0.15, 0.2) is 0 Å². The van der Waals surface area contributed by atoms with Crippen molar-refractivity contribution < 1.29 is 14.4 Å². The highest BCUT2D eigenvalue weighted by Gasteiger charge is 2.44. The van der Waals surface area contributed by atoms with E-state index in [1.165, 1.54) is 57.8 Å². The predicted octanol–water partition coefficient (Wildman–Crippen LogP) is 5.09. The molecule has 0 aromatic carbocycles. The standard InChI is InChI=1S/C19H39NO2/c1-7-9-11-12-13-15-17(14-10-8-2)16-20(5,6)19(3,4)18(21)22/h17H,7-16H2,1-6H3/p+1. The summed E-state index contributed by atoms with van der Waals surface area (Å²) in [5, 5.41) is 9.52. The lowest BCUT2D eigenvalue weighted by Gasteiger charge is -2.43. The highest BCUT2D eigenvalue weighted by molar-refractivity contribution is 5.76. The maximum atomic E-state index is 11.6. The normalized spacial score (nSPS) is 14.1. The Morgan fingerprint density at radius 1 is 0.955 bits per heavy atom. The molecule has 0 aliphatic carbocycles. The molecule has 0 bridgehead atoms. The third kappa shape index (κ3) is 7.13. The van der Waals surface area contributed by atoms with Crippen LogP contribution in [-0.2, 0) is 4.79 Å². The van der Waals surface area contributed by atoms with Crippen molar-refractivity contribution in [2.24, 2.45) is 5.92 Å². The number of hydrogen-bond acceptors (Lipinski definition) is 1. The number of nitrogens with zero attached hydrogens (tertiary/aromatic N) is 1. The second-order valence-electron chi connectivity index (χ2n) is 7.94. The first-order chi connectivity index (χ1) is 10.2. The molecule has 0 heterocycles. The number of aliphatic carboxylic acids is 1. The van der Waals surface area contributed by atoms with E-state index >= 15 is 0 Å². The minimum absolute atomic E-state index is 0.561. The molecule has 132 valence electrons. The average Bonchev–Trinajstić information content (AvgIpc) is 2.43. The number of rotatable bonds is 13. The van der Waals surface area contributed by atoms with E-state index in [9.17, 15) is 9.90 Å². The Labute approximate surface area is 138 Å². The Kier molecular flexibility index (Phi) is 9.99. The molecule has 22 heavy (non-hydrogen) atoms. The summed E-state index contributed by atoms with van der Waals surface area (Å²) in [6, 6.07) is 0. The summed E-state index contributed by atoms with van der Waals surface area (Å²) in [5.41, 5.74) is -0.729. The fraction of sp³-hybridized carbons (Fsp3) is 0.947. The van der Waals surface area contributed by atoms with Crippen molar-refractivity contribution in [2.75, 3.05) is 20.6 Å². The van der Waals surface area contributed by atoms with Gasteiger partial charge in [-0.05, 0) is 12.8 Å². The average molecular weight is 315 g/mol. The van der Waals surface area contributed by atoms with Crippen LogP contribution >= 0.6 is 0 Å². The molecule has 0 aliphatic rings. The van der Waals surface area contributed by atoms with E-state index in [1.807, 2.05) is 13.8 Å². The van der Waals surface area contributed by atoms with E-state index in [1.54, 1.807) is 0 Å². The summed E-state index contributed by atoms with van der Waals surface area (Å²) in [4.78, 5) is 11.6. The van der Waals surface area contributed by atoms with Gasteiger partial charge in [-0.1, -0.05) is 58.8 Å². The Balaban J connectivity index is 4.58. The largest absolute Gasteiger partial charge is 0.477 e. The van der Waals surface area contributed by atoms with Gasteiger partial charge in [0.25, 0.3) is 0 Å². The summed E-state index contributed by atoms with van der Waals surface area (Å²) in [7, 11) is 4.15. The molecule has 0 rings (SSSR count). The van der Waals surface area contributed by atoms with Crippen LogP contribution in [0.1, 0.15) is 85.5 Å². The molecule has 0 fully saturated rings. The highest BCUT2D eigenvalue weighted by Crippen LogP contribution is 2.27. The van der Waals surface area contributed by atoms with Crippen molar-refractivity contribution in [3.8, 4) is 0 Å². The van der Waals surface area contributed by atoms with Gasteiger partial charge in [0.2, 0.25) is 0 Å². The van der Waals surface area contributed by atoms with Crippen LogP contribution in [-0.4, -0.2) is 41.7 Å². The monoisotopic (exact) mass is 314 g/mol. The lowest BCUT2D eigenvalue weighted by Crippen LogP contribution is -2.62. The van der Waals surface area contributed by atoms with Crippen LogP contribution in [0.25, 0.3) is 0 Å². The Bertz CT molecular complexity index is 311. The van der Waals surface area contributed by atoms with Crippen molar-refractivity contribution in [3.05, 3.63) is 0 Å². The van der Waals surface area contributed by atoms with Gasteiger partial charge in [-0.15, -0.1) is 0 Å². The summed E-state index contributed by atoms with van der Waals surface area (Å²) < 4.78 is 0.561. The molecule has 0 radical (unpaired) electrons. The van der Waals surface area contributed by atoms with Gasteiger partial charge in [-0.25, -0.2) is 4.79 Å². The lowest BCUT2D eigenvalue weighted by molar-refractivity contribution is -0.931. The molecule has 3 nitrogen and oxygen atoms in total. The second-order valence-corrected chi connectivity index (χ2v) is 7.94. The van der Waals surface area contributed by atoms with E-state index in [4.69, 9.17) is 0 Å². The minimum atomic E-state index is -0.729. The van der Waals surface area contributed by atoms with Crippen LogP contribution in [0.4, 0.5) is 0 Å². The molecule has 1 unspecified atom stereocenters. The van der Waals surface area contributed by atoms with Crippen LogP contribution in [0, 0.1) is 5.92 Å². The first-order valence-electron chi connectivity index (χ1n) is 9.25. The number of quaternary nitrogens is 1. The molecule has 0 saturated heterocycles. The van der Waals surface area contributed by atoms with Crippen molar-refractivity contribution in [3.63, 3.8) is 0 Å². The van der Waals surface area contributed by atoms with Crippen LogP contribution in [0.5, 0.6) is 0 Å². The molecule has 0 saturated carbocycles. The minimum Gasteiger partial charge on any atom is -0.477 e. The van der Waals surface area contributed by atoms with Gasteiger partial charge >= 0.3 is 5.97 Å². The van der Waals surface area contributed by atoms with Crippen LogP contribution in [0.3, 0.4) is 0 Å². The molecule has 0 amide bonds. The lowest BCUT2D eigenvalue weighted by atomic mass is 9.91. The molecule has 0 aromatic heterocycles. The zero-order chi connectivity index (χ0) is 17.2. The quantitative estimate of drug-likeness (QED) is 0.379. The van der Waals surface area contributed by atoms with Crippen molar-refractivity contribution >= 4 is 5.97 Å². The number of unbranched alkanes of at least 4 members (excludes halogenated alkanes) is 5. The first-order valence-corrected chi connectivity index (χ1v) is 9.25. The van der Waals surface area contributed by atoms with Crippen molar-refractivity contribution in [1.29, 1.82) is 0 Å². The number of hydrogen-bond donors (Lipinski definition) is 1. The van der Waals surface area contributed by atoms with E-state index in [0.717, 1.165) is 6.54 Å². The maximum Gasteiger partial charge on any atom is 0.365 e. The Morgan fingerprint density at radius 3 is 1.95 bits per heavy atom. The Hall–Kier alpha value is -0.570.